The summed E-state index contributed by atoms with van der Waals surface area (Å²) in [7, 11) is 0. The van der Waals surface area contributed by atoms with Gasteiger partial charge in [0.1, 0.15) is 0 Å². The average molecular weight is 325 g/mol. The minimum Gasteiger partial charge on any atom is -0.366 e. The second kappa shape index (κ2) is 6.13. The first kappa shape index (κ1) is 13.3. The number of hydrogen-bond acceptors (Lipinski definition) is 3. The number of carbonyl (C=O) groups is 1. The molecule has 94 valence electrons. The lowest BCUT2D eigenvalue weighted by Gasteiger charge is -2.04. The molecule has 0 radical (unpaired) electrons. The molecule has 0 aliphatic rings. The molecule has 2 rings (SSSR count). The SMILES string of the molecule is NC(=O)c1cccc(CNCc2cc(Br)cs2)c1. The van der Waals surface area contributed by atoms with Crippen LogP contribution in [-0.2, 0) is 13.1 Å². The van der Waals surface area contributed by atoms with Gasteiger partial charge in [-0.15, -0.1) is 11.3 Å². The predicted octanol–water partition coefficient (Wildman–Crippen LogP) is 2.90. The maximum absolute atomic E-state index is 11.0. The van der Waals surface area contributed by atoms with Crippen LogP contribution >= 0.6 is 27.3 Å². The number of benzene rings is 1. The molecule has 1 aromatic heterocycles. The number of rotatable bonds is 5. The number of carbonyl (C=O) groups excluding carboxylic acids is 1. The van der Waals surface area contributed by atoms with Gasteiger partial charge in [-0.3, -0.25) is 4.79 Å². The van der Waals surface area contributed by atoms with Crippen LogP contribution in [0.5, 0.6) is 0 Å². The van der Waals surface area contributed by atoms with Crippen LogP contribution in [0.15, 0.2) is 40.2 Å². The summed E-state index contributed by atoms with van der Waals surface area (Å²) in [6.45, 7) is 1.54. The highest BCUT2D eigenvalue weighted by atomic mass is 79.9. The molecule has 0 atom stereocenters. The summed E-state index contributed by atoms with van der Waals surface area (Å²) in [6.07, 6.45) is 0. The number of thiophene rings is 1. The first-order valence-corrected chi connectivity index (χ1v) is 7.15. The molecule has 1 amide bonds. The van der Waals surface area contributed by atoms with Crippen molar-refractivity contribution >= 4 is 33.2 Å². The molecule has 0 fully saturated rings. The van der Waals surface area contributed by atoms with Crippen molar-refractivity contribution < 1.29 is 4.79 Å². The van der Waals surface area contributed by atoms with Crippen LogP contribution in [0.1, 0.15) is 20.8 Å². The van der Waals surface area contributed by atoms with Crippen molar-refractivity contribution in [2.45, 2.75) is 13.1 Å². The Kier molecular flexibility index (Phi) is 4.52. The minimum atomic E-state index is -0.390. The van der Waals surface area contributed by atoms with Crippen molar-refractivity contribution in [1.29, 1.82) is 0 Å². The van der Waals surface area contributed by atoms with Crippen LogP contribution in [0.2, 0.25) is 0 Å². The smallest absolute Gasteiger partial charge is 0.248 e. The molecule has 1 heterocycles. The number of nitrogens with one attached hydrogen (secondary N) is 1. The van der Waals surface area contributed by atoms with Gasteiger partial charge < -0.3 is 11.1 Å². The van der Waals surface area contributed by atoms with Crippen molar-refractivity contribution in [3.05, 3.63) is 56.2 Å². The van der Waals surface area contributed by atoms with E-state index < -0.39 is 0 Å². The van der Waals surface area contributed by atoms with E-state index in [1.807, 2.05) is 18.2 Å². The monoisotopic (exact) mass is 324 g/mol. The summed E-state index contributed by atoms with van der Waals surface area (Å²) in [6, 6.07) is 9.46. The van der Waals surface area contributed by atoms with Gasteiger partial charge >= 0.3 is 0 Å². The Balaban J connectivity index is 1.90. The van der Waals surface area contributed by atoms with Crippen molar-refractivity contribution in [1.82, 2.24) is 5.32 Å². The topological polar surface area (TPSA) is 55.1 Å². The fraction of sp³-hybridized carbons (Fsp3) is 0.154. The Morgan fingerprint density at radius 1 is 1.33 bits per heavy atom. The highest BCUT2D eigenvalue weighted by molar-refractivity contribution is 9.10. The Morgan fingerprint density at radius 3 is 2.83 bits per heavy atom. The van der Waals surface area contributed by atoms with E-state index in [1.54, 1.807) is 17.4 Å². The third-order valence-corrected chi connectivity index (χ3v) is 4.16. The zero-order valence-corrected chi connectivity index (χ0v) is 12.1. The van der Waals surface area contributed by atoms with E-state index >= 15 is 0 Å². The lowest BCUT2D eigenvalue weighted by molar-refractivity contribution is 0.1000. The molecule has 3 N–H and O–H groups in total. The molecule has 1 aromatic carbocycles. The summed E-state index contributed by atoms with van der Waals surface area (Å²) in [5, 5.41) is 5.40. The molecule has 18 heavy (non-hydrogen) atoms. The zero-order valence-electron chi connectivity index (χ0n) is 9.65. The maximum Gasteiger partial charge on any atom is 0.248 e. The predicted molar refractivity (Wildman–Crippen MR) is 77.5 cm³/mol. The Bertz CT molecular complexity index is 553. The van der Waals surface area contributed by atoms with Crippen LogP contribution in [0, 0.1) is 0 Å². The highest BCUT2D eigenvalue weighted by Crippen LogP contribution is 2.19. The van der Waals surface area contributed by atoms with Crippen LogP contribution in [0.3, 0.4) is 0 Å². The van der Waals surface area contributed by atoms with E-state index in [-0.39, 0.29) is 5.91 Å². The van der Waals surface area contributed by atoms with Gasteiger partial charge in [0.15, 0.2) is 0 Å². The lowest BCUT2D eigenvalue weighted by atomic mass is 10.1. The molecular formula is C13H13BrN2OS. The lowest BCUT2D eigenvalue weighted by Crippen LogP contribution is -2.14. The number of halogens is 1. The maximum atomic E-state index is 11.0. The van der Waals surface area contributed by atoms with Gasteiger partial charge in [0.25, 0.3) is 0 Å². The van der Waals surface area contributed by atoms with Gasteiger partial charge in [0.05, 0.1) is 0 Å². The van der Waals surface area contributed by atoms with Gasteiger partial charge in [-0.2, -0.15) is 0 Å². The standard InChI is InChI=1S/C13H13BrN2OS/c14-11-5-12(18-8-11)7-16-6-9-2-1-3-10(4-9)13(15)17/h1-5,8,16H,6-7H2,(H2,15,17). The van der Waals surface area contributed by atoms with Crippen molar-refractivity contribution in [2.75, 3.05) is 0 Å². The normalized spacial score (nSPS) is 10.5. The van der Waals surface area contributed by atoms with Gasteiger partial charge in [0.2, 0.25) is 5.91 Å². The van der Waals surface area contributed by atoms with Crippen LogP contribution < -0.4 is 11.1 Å². The summed E-state index contributed by atoms with van der Waals surface area (Å²) in [5.74, 6) is -0.390. The Labute approximate surface area is 118 Å². The molecule has 5 heteroatoms. The minimum absolute atomic E-state index is 0.390. The Morgan fingerprint density at radius 2 is 2.17 bits per heavy atom. The summed E-state index contributed by atoms with van der Waals surface area (Å²) >= 11 is 5.13. The average Bonchev–Trinajstić information content (AvgIpc) is 2.75. The van der Waals surface area contributed by atoms with Crippen LogP contribution in [0.25, 0.3) is 0 Å². The van der Waals surface area contributed by atoms with Gasteiger partial charge in [-0.1, -0.05) is 12.1 Å². The van der Waals surface area contributed by atoms with E-state index in [2.05, 4.69) is 32.7 Å². The second-order valence-corrected chi connectivity index (χ2v) is 5.81. The van der Waals surface area contributed by atoms with Gasteiger partial charge in [-0.25, -0.2) is 0 Å². The third kappa shape index (κ3) is 3.66. The van der Waals surface area contributed by atoms with E-state index in [1.165, 1.54) is 4.88 Å². The quantitative estimate of drug-likeness (QED) is 0.888. The van der Waals surface area contributed by atoms with Crippen molar-refractivity contribution in [3.63, 3.8) is 0 Å². The Hall–Kier alpha value is -1.17. The molecule has 0 bridgehead atoms. The summed E-state index contributed by atoms with van der Waals surface area (Å²) in [5.41, 5.74) is 6.85. The van der Waals surface area contributed by atoms with E-state index in [9.17, 15) is 4.79 Å². The first-order valence-electron chi connectivity index (χ1n) is 5.47. The van der Waals surface area contributed by atoms with Crippen LogP contribution in [-0.4, -0.2) is 5.91 Å². The fourth-order valence-electron chi connectivity index (χ4n) is 1.61. The fourth-order valence-corrected chi connectivity index (χ4v) is 3.03. The summed E-state index contributed by atoms with van der Waals surface area (Å²) in [4.78, 5) is 12.3. The largest absolute Gasteiger partial charge is 0.366 e. The number of nitrogens with two attached hydrogens (primary N) is 1. The molecule has 0 unspecified atom stereocenters. The highest BCUT2D eigenvalue weighted by Gasteiger charge is 2.01. The van der Waals surface area contributed by atoms with E-state index in [4.69, 9.17) is 5.73 Å². The molecule has 0 aliphatic carbocycles. The van der Waals surface area contributed by atoms with Crippen LogP contribution in [0.4, 0.5) is 0 Å². The van der Waals surface area contributed by atoms with E-state index in [0.717, 1.165) is 23.1 Å². The molecule has 0 saturated heterocycles. The number of primary amides is 1. The second-order valence-electron chi connectivity index (χ2n) is 3.90. The molecule has 0 spiro atoms. The van der Waals surface area contributed by atoms with E-state index in [0.29, 0.717) is 5.56 Å². The molecule has 0 aliphatic heterocycles. The van der Waals surface area contributed by atoms with Crippen molar-refractivity contribution in [3.8, 4) is 0 Å². The van der Waals surface area contributed by atoms with Gasteiger partial charge in [-0.05, 0) is 39.7 Å². The molecule has 3 nitrogen and oxygen atoms in total. The number of amides is 1. The molecular weight excluding hydrogens is 312 g/mol. The number of hydrogen-bond donors (Lipinski definition) is 2. The summed E-state index contributed by atoms with van der Waals surface area (Å²) < 4.78 is 1.11. The third-order valence-electron chi connectivity index (χ3n) is 2.46. The first-order chi connectivity index (χ1) is 8.65. The van der Waals surface area contributed by atoms with Crippen molar-refractivity contribution in [2.24, 2.45) is 5.73 Å². The molecule has 2 aromatic rings. The zero-order chi connectivity index (χ0) is 13.0. The van der Waals surface area contributed by atoms with Gasteiger partial charge in [0, 0.05) is 33.4 Å². The molecule has 0 saturated carbocycles.